The van der Waals surface area contributed by atoms with E-state index in [0.29, 0.717) is 0 Å². The normalized spacial score (nSPS) is 16.8. The van der Waals surface area contributed by atoms with Gasteiger partial charge in [-0.05, 0) is 6.92 Å². The molecule has 0 amide bonds. The number of rotatable bonds is 3. The molecule has 2 N–H and O–H groups in total. The minimum Gasteiger partial charge on any atom is -0.481 e. The van der Waals surface area contributed by atoms with Crippen molar-refractivity contribution in [1.29, 1.82) is 0 Å². The first-order chi connectivity index (χ1) is 4.04. The van der Waals surface area contributed by atoms with Crippen LogP contribution < -0.4 is 0 Å². The molecule has 0 aliphatic carbocycles. The summed E-state index contributed by atoms with van der Waals surface area (Å²) in [6, 6.07) is 0. The van der Waals surface area contributed by atoms with Crippen LogP contribution in [0.3, 0.4) is 0 Å². The summed E-state index contributed by atoms with van der Waals surface area (Å²) in [5.41, 5.74) is 0. The summed E-state index contributed by atoms with van der Waals surface area (Å²) in [6.07, 6.45) is -1.23. The highest BCUT2D eigenvalue weighted by Crippen LogP contribution is 2.04. The summed E-state index contributed by atoms with van der Waals surface area (Å²) in [5.74, 6) is -1.03. The highest BCUT2D eigenvalue weighted by Gasteiger charge is 2.14. The number of hydrogen-bond acceptors (Lipinski definition) is 2. The van der Waals surface area contributed by atoms with Gasteiger partial charge in [-0.3, -0.25) is 4.79 Å². The molecule has 0 spiro atoms. The lowest BCUT2D eigenvalue weighted by atomic mass is 10.2. The number of aliphatic hydroxyl groups excluding tert-OH is 1. The van der Waals surface area contributed by atoms with E-state index in [1.54, 1.807) is 6.92 Å². The third-order valence-electron chi connectivity index (χ3n) is 0.914. The second-order valence-corrected chi connectivity index (χ2v) is 2.53. The lowest BCUT2D eigenvalue weighted by molar-refractivity contribution is -0.139. The third-order valence-corrected chi connectivity index (χ3v) is 1.20. The van der Waals surface area contributed by atoms with Gasteiger partial charge in [-0.2, -0.15) is 0 Å². The summed E-state index contributed by atoms with van der Waals surface area (Å²) in [7, 11) is 0. The quantitative estimate of drug-likeness (QED) is 0.578. The Hall–Kier alpha value is -0.280. The van der Waals surface area contributed by atoms with E-state index >= 15 is 0 Å². The van der Waals surface area contributed by atoms with Gasteiger partial charge in [-0.15, -0.1) is 11.6 Å². The van der Waals surface area contributed by atoms with Crippen LogP contribution in [0.4, 0.5) is 0 Å². The van der Waals surface area contributed by atoms with Crippen LogP contribution in [-0.2, 0) is 4.79 Å². The number of aliphatic carboxylic acids is 1. The van der Waals surface area contributed by atoms with Crippen molar-refractivity contribution in [2.24, 2.45) is 0 Å². The molecule has 0 aromatic rings. The highest BCUT2D eigenvalue weighted by atomic mass is 35.5. The van der Waals surface area contributed by atoms with E-state index in [9.17, 15) is 4.79 Å². The van der Waals surface area contributed by atoms with Crippen molar-refractivity contribution in [3.05, 3.63) is 0 Å². The number of carbonyl (C=O) groups is 1. The number of alkyl halides is 1. The minimum atomic E-state index is -1.03. The van der Waals surface area contributed by atoms with Gasteiger partial charge in [-0.1, -0.05) is 0 Å². The molecule has 0 saturated heterocycles. The molecule has 4 heteroatoms. The van der Waals surface area contributed by atoms with Gasteiger partial charge < -0.3 is 10.2 Å². The van der Waals surface area contributed by atoms with Crippen LogP contribution in [0, 0.1) is 0 Å². The maximum absolute atomic E-state index is 9.90. The first-order valence-corrected chi connectivity index (χ1v) is 3.01. The van der Waals surface area contributed by atoms with Gasteiger partial charge >= 0.3 is 5.97 Å². The van der Waals surface area contributed by atoms with E-state index in [4.69, 9.17) is 21.8 Å². The van der Waals surface area contributed by atoms with Crippen LogP contribution >= 0.6 is 11.6 Å². The second kappa shape index (κ2) is 3.69. The number of hydrogen-bond donors (Lipinski definition) is 2. The zero-order valence-electron chi connectivity index (χ0n) is 5.04. The van der Waals surface area contributed by atoms with Crippen molar-refractivity contribution >= 4 is 17.6 Å². The molecule has 2 atom stereocenters. The topological polar surface area (TPSA) is 57.5 Å². The fraction of sp³-hybridized carbons (Fsp3) is 0.800. The smallest absolute Gasteiger partial charge is 0.306 e. The molecular formula is C5H9ClO3. The maximum Gasteiger partial charge on any atom is 0.306 e. The van der Waals surface area contributed by atoms with E-state index in [-0.39, 0.29) is 6.42 Å². The Morgan fingerprint density at radius 3 is 2.33 bits per heavy atom. The fourth-order valence-electron chi connectivity index (χ4n) is 0.341. The number of halogens is 1. The third kappa shape index (κ3) is 4.24. The minimum absolute atomic E-state index is 0.287. The van der Waals surface area contributed by atoms with Crippen LogP contribution in [0.1, 0.15) is 13.3 Å². The number of carboxylic acids is 1. The van der Waals surface area contributed by atoms with Crippen LogP contribution in [0.5, 0.6) is 0 Å². The average molecular weight is 153 g/mol. The van der Waals surface area contributed by atoms with Crippen molar-refractivity contribution < 1.29 is 15.0 Å². The van der Waals surface area contributed by atoms with E-state index in [2.05, 4.69) is 0 Å². The monoisotopic (exact) mass is 152 g/mol. The van der Waals surface area contributed by atoms with Crippen molar-refractivity contribution in [3.63, 3.8) is 0 Å². The van der Waals surface area contributed by atoms with E-state index < -0.39 is 17.5 Å². The standard InChI is InChI=1S/C5H9ClO3/c1-3(6)4(7)2-5(8)9/h3-4,7H,2H2,1H3,(H,8,9). The second-order valence-electron chi connectivity index (χ2n) is 1.84. The Morgan fingerprint density at radius 2 is 2.22 bits per heavy atom. The molecule has 0 aromatic carbocycles. The molecule has 0 heterocycles. The van der Waals surface area contributed by atoms with E-state index in [0.717, 1.165) is 0 Å². The summed E-state index contributed by atoms with van der Waals surface area (Å²) in [4.78, 5) is 9.90. The Labute approximate surface area is 58.3 Å². The molecule has 0 rings (SSSR count). The lowest BCUT2D eigenvalue weighted by Gasteiger charge is -2.08. The molecule has 0 radical (unpaired) electrons. The number of carboxylic acid groups (broad SMARTS) is 1. The first kappa shape index (κ1) is 8.72. The molecule has 3 nitrogen and oxygen atoms in total. The molecular weight excluding hydrogens is 144 g/mol. The summed E-state index contributed by atoms with van der Waals surface area (Å²) in [6.45, 7) is 1.55. The van der Waals surface area contributed by atoms with Gasteiger partial charge in [0.25, 0.3) is 0 Å². The Kier molecular flexibility index (Phi) is 3.58. The Bertz CT molecular complexity index is 102. The van der Waals surface area contributed by atoms with Crippen molar-refractivity contribution in [2.45, 2.75) is 24.8 Å². The molecule has 0 bridgehead atoms. The van der Waals surface area contributed by atoms with Gasteiger partial charge in [0.15, 0.2) is 0 Å². The van der Waals surface area contributed by atoms with Gasteiger partial charge in [0.2, 0.25) is 0 Å². The lowest BCUT2D eigenvalue weighted by Crippen LogP contribution is -2.21. The molecule has 54 valence electrons. The SMILES string of the molecule is CC(Cl)C(O)CC(=O)O. The van der Waals surface area contributed by atoms with E-state index in [1.165, 1.54) is 0 Å². The van der Waals surface area contributed by atoms with Crippen LogP contribution in [0.15, 0.2) is 0 Å². The molecule has 0 fully saturated rings. The average Bonchev–Trinajstić information content (AvgIpc) is 1.63. The predicted octanol–water partition coefficient (Wildman–Crippen LogP) is 0.449. The zero-order chi connectivity index (χ0) is 7.44. The Balaban J connectivity index is 3.50. The van der Waals surface area contributed by atoms with Crippen molar-refractivity contribution in [3.8, 4) is 0 Å². The summed E-state index contributed by atoms with van der Waals surface area (Å²) in [5, 5.41) is 16.4. The summed E-state index contributed by atoms with van der Waals surface area (Å²) >= 11 is 5.36. The van der Waals surface area contributed by atoms with Gasteiger partial charge in [0, 0.05) is 0 Å². The number of aliphatic hydroxyl groups is 1. The molecule has 9 heavy (non-hydrogen) atoms. The van der Waals surface area contributed by atoms with Crippen molar-refractivity contribution in [1.82, 2.24) is 0 Å². The fourth-order valence-corrected chi connectivity index (χ4v) is 0.430. The molecule has 0 aliphatic heterocycles. The van der Waals surface area contributed by atoms with Crippen LogP contribution in [-0.4, -0.2) is 27.7 Å². The highest BCUT2D eigenvalue weighted by molar-refractivity contribution is 6.20. The van der Waals surface area contributed by atoms with Crippen LogP contribution in [0.25, 0.3) is 0 Å². The molecule has 0 aromatic heterocycles. The van der Waals surface area contributed by atoms with Gasteiger partial charge in [-0.25, -0.2) is 0 Å². The van der Waals surface area contributed by atoms with E-state index in [1.807, 2.05) is 0 Å². The van der Waals surface area contributed by atoms with Crippen molar-refractivity contribution in [2.75, 3.05) is 0 Å². The van der Waals surface area contributed by atoms with Gasteiger partial charge in [0.05, 0.1) is 17.9 Å². The summed E-state index contributed by atoms with van der Waals surface area (Å²) < 4.78 is 0. The predicted molar refractivity (Wildman–Crippen MR) is 33.6 cm³/mol. The maximum atomic E-state index is 9.90. The zero-order valence-corrected chi connectivity index (χ0v) is 5.80. The molecule has 0 aliphatic rings. The van der Waals surface area contributed by atoms with Crippen LogP contribution in [0.2, 0.25) is 0 Å². The molecule has 2 unspecified atom stereocenters. The molecule has 0 saturated carbocycles. The first-order valence-electron chi connectivity index (χ1n) is 2.58. The largest absolute Gasteiger partial charge is 0.481 e. The Morgan fingerprint density at radius 1 is 1.78 bits per heavy atom. The van der Waals surface area contributed by atoms with Gasteiger partial charge in [0.1, 0.15) is 0 Å².